The molecule has 0 aliphatic carbocycles. The van der Waals surface area contributed by atoms with Gasteiger partial charge >= 0.3 is 0 Å². The van der Waals surface area contributed by atoms with Crippen LogP contribution in [-0.4, -0.2) is 44.1 Å². The Morgan fingerprint density at radius 3 is 3.05 bits per heavy atom. The van der Waals surface area contributed by atoms with Crippen LogP contribution in [0.2, 0.25) is 0 Å². The maximum Gasteiger partial charge on any atom is 0.191 e. The van der Waals surface area contributed by atoms with Crippen molar-refractivity contribution in [2.45, 2.75) is 19.9 Å². The van der Waals surface area contributed by atoms with Gasteiger partial charge in [0.25, 0.3) is 0 Å². The van der Waals surface area contributed by atoms with Crippen LogP contribution in [0.25, 0.3) is 0 Å². The van der Waals surface area contributed by atoms with Gasteiger partial charge in [-0.25, -0.2) is 0 Å². The van der Waals surface area contributed by atoms with E-state index in [0.29, 0.717) is 0 Å². The summed E-state index contributed by atoms with van der Waals surface area (Å²) in [4.78, 5) is 8.12. The average Bonchev–Trinajstić information content (AvgIpc) is 3.10. The maximum atomic E-state index is 4.27. The summed E-state index contributed by atoms with van der Waals surface area (Å²) in [6, 6.07) is 4.22. The molecule has 2 N–H and O–H groups in total. The van der Waals surface area contributed by atoms with Gasteiger partial charge in [0, 0.05) is 25.0 Å². The van der Waals surface area contributed by atoms with Crippen molar-refractivity contribution in [3.8, 4) is 0 Å². The molecule has 1 aliphatic rings. The molecule has 19 heavy (non-hydrogen) atoms. The molecule has 0 aromatic carbocycles. The Hall–Kier alpha value is -1.07. The third-order valence-corrected chi connectivity index (χ3v) is 4.49. The molecular weight excluding hydrogens is 256 g/mol. The third kappa shape index (κ3) is 4.51. The highest BCUT2D eigenvalue weighted by Crippen LogP contribution is 2.14. The molecule has 2 heterocycles. The van der Waals surface area contributed by atoms with Crippen molar-refractivity contribution in [1.29, 1.82) is 0 Å². The second-order valence-corrected chi connectivity index (χ2v) is 5.97. The van der Waals surface area contributed by atoms with E-state index in [4.69, 9.17) is 0 Å². The lowest BCUT2D eigenvalue weighted by molar-refractivity contribution is 0.342. The number of nitrogens with one attached hydrogen (secondary N) is 2. The van der Waals surface area contributed by atoms with Gasteiger partial charge in [0.2, 0.25) is 0 Å². The lowest BCUT2D eigenvalue weighted by Gasteiger charge is -2.16. The number of guanidine groups is 1. The van der Waals surface area contributed by atoms with Crippen molar-refractivity contribution in [2.75, 3.05) is 33.2 Å². The number of thiophene rings is 1. The quantitative estimate of drug-likeness (QED) is 0.638. The number of rotatable bonds is 5. The largest absolute Gasteiger partial charge is 0.356 e. The fourth-order valence-corrected chi connectivity index (χ4v) is 3.06. The van der Waals surface area contributed by atoms with Crippen LogP contribution in [0, 0.1) is 5.92 Å². The first kappa shape index (κ1) is 14.3. The smallest absolute Gasteiger partial charge is 0.191 e. The summed E-state index contributed by atoms with van der Waals surface area (Å²) in [5.74, 6) is 1.66. The van der Waals surface area contributed by atoms with Crippen LogP contribution in [-0.2, 0) is 6.54 Å². The van der Waals surface area contributed by atoms with E-state index in [2.05, 4.69) is 45.0 Å². The topological polar surface area (TPSA) is 39.7 Å². The van der Waals surface area contributed by atoms with E-state index in [-0.39, 0.29) is 0 Å². The minimum Gasteiger partial charge on any atom is -0.356 e. The van der Waals surface area contributed by atoms with Crippen LogP contribution in [0.3, 0.4) is 0 Å². The second-order valence-electron chi connectivity index (χ2n) is 4.93. The molecule has 1 atom stereocenters. The zero-order valence-corrected chi connectivity index (χ0v) is 12.7. The SMILES string of the molecule is CCN1CCC(CNC(=NC)NCc2cccs2)C1. The molecule has 4 nitrogen and oxygen atoms in total. The maximum absolute atomic E-state index is 4.27. The van der Waals surface area contributed by atoms with Gasteiger partial charge in [-0.15, -0.1) is 11.3 Å². The molecule has 0 bridgehead atoms. The molecule has 106 valence electrons. The summed E-state index contributed by atoms with van der Waals surface area (Å²) in [6.45, 7) is 7.72. The summed E-state index contributed by atoms with van der Waals surface area (Å²) in [7, 11) is 1.83. The van der Waals surface area contributed by atoms with Crippen molar-refractivity contribution < 1.29 is 0 Å². The molecule has 1 aromatic heterocycles. The Morgan fingerprint density at radius 2 is 2.42 bits per heavy atom. The Morgan fingerprint density at radius 1 is 1.53 bits per heavy atom. The average molecular weight is 280 g/mol. The number of aliphatic imine (C=N–C) groups is 1. The van der Waals surface area contributed by atoms with E-state index in [1.54, 1.807) is 11.3 Å². The molecule has 0 saturated carbocycles. The first-order valence-electron chi connectivity index (χ1n) is 7.01. The predicted octanol–water partition coefficient (Wildman–Crippen LogP) is 1.75. The zero-order chi connectivity index (χ0) is 13.5. The molecular formula is C14H24N4S. The van der Waals surface area contributed by atoms with Crippen LogP contribution < -0.4 is 10.6 Å². The fraction of sp³-hybridized carbons (Fsp3) is 0.643. The monoisotopic (exact) mass is 280 g/mol. The number of nitrogens with zero attached hydrogens (tertiary/aromatic N) is 2. The van der Waals surface area contributed by atoms with Gasteiger partial charge in [-0.3, -0.25) is 4.99 Å². The van der Waals surface area contributed by atoms with Gasteiger partial charge < -0.3 is 15.5 Å². The molecule has 1 fully saturated rings. The standard InChI is InChI=1S/C14H24N4S/c1-3-18-7-6-12(11-18)9-16-14(15-2)17-10-13-5-4-8-19-13/h4-5,8,12H,3,6-7,9-11H2,1-2H3,(H2,15,16,17). The zero-order valence-electron chi connectivity index (χ0n) is 11.9. The highest BCUT2D eigenvalue weighted by Gasteiger charge is 2.20. The number of likely N-dealkylation sites (tertiary alicyclic amines) is 1. The first-order valence-corrected chi connectivity index (χ1v) is 7.89. The van der Waals surface area contributed by atoms with Crippen LogP contribution in [0.5, 0.6) is 0 Å². The molecule has 5 heteroatoms. The predicted molar refractivity (Wildman–Crippen MR) is 82.7 cm³/mol. The Balaban J connectivity index is 1.68. The molecule has 1 unspecified atom stereocenters. The first-order chi connectivity index (χ1) is 9.31. The van der Waals surface area contributed by atoms with Crippen molar-refractivity contribution in [3.05, 3.63) is 22.4 Å². The normalized spacial score (nSPS) is 20.7. The van der Waals surface area contributed by atoms with Crippen molar-refractivity contribution in [1.82, 2.24) is 15.5 Å². The van der Waals surface area contributed by atoms with Gasteiger partial charge in [-0.1, -0.05) is 13.0 Å². The highest BCUT2D eigenvalue weighted by molar-refractivity contribution is 7.09. The second kappa shape index (κ2) is 7.50. The Bertz CT molecular complexity index is 388. The van der Waals surface area contributed by atoms with E-state index in [1.165, 1.54) is 30.9 Å². The van der Waals surface area contributed by atoms with E-state index in [1.807, 2.05) is 7.05 Å². The van der Waals surface area contributed by atoms with Crippen LogP contribution in [0.15, 0.2) is 22.5 Å². The third-order valence-electron chi connectivity index (χ3n) is 3.61. The summed E-state index contributed by atoms with van der Waals surface area (Å²) >= 11 is 1.77. The van der Waals surface area contributed by atoms with E-state index < -0.39 is 0 Å². The number of hydrogen-bond acceptors (Lipinski definition) is 3. The van der Waals surface area contributed by atoms with Gasteiger partial charge in [0.1, 0.15) is 0 Å². The molecule has 0 spiro atoms. The minimum atomic E-state index is 0.750. The summed E-state index contributed by atoms with van der Waals surface area (Å²) in [5, 5.41) is 8.89. The molecule has 1 aliphatic heterocycles. The van der Waals surface area contributed by atoms with E-state index in [9.17, 15) is 0 Å². The highest BCUT2D eigenvalue weighted by atomic mass is 32.1. The van der Waals surface area contributed by atoms with Gasteiger partial charge in [0.05, 0.1) is 6.54 Å². The van der Waals surface area contributed by atoms with Crippen molar-refractivity contribution >= 4 is 17.3 Å². The van der Waals surface area contributed by atoms with Gasteiger partial charge in [-0.05, 0) is 36.9 Å². The summed E-state index contributed by atoms with van der Waals surface area (Å²) < 4.78 is 0. The van der Waals surface area contributed by atoms with Crippen molar-refractivity contribution in [2.24, 2.45) is 10.9 Å². The fourth-order valence-electron chi connectivity index (χ4n) is 2.41. The Labute approximate surface area is 119 Å². The van der Waals surface area contributed by atoms with Crippen LogP contribution in [0.1, 0.15) is 18.2 Å². The Kier molecular flexibility index (Phi) is 5.66. The summed E-state index contributed by atoms with van der Waals surface area (Å²) in [6.07, 6.45) is 1.29. The minimum absolute atomic E-state index is 0.750. The van der Waals surface area contributed by atoms with E-state index >= 15 is 0 Å². The number of hydrogen-bond donors (Lipinski definition) is 2. The van der Waals surface area contributed by atoms with E-state index in [0.717, 1.165) is 25.0 Å². The lowest BCUT2D eigenvalue weighted by atomic mass is 10.1. The molecule has 1 saturated heterocycles. The van der Waals surface area contributed by atoms with Crippen LogP contribution >= 0.6 is 11.3 Å². The van der Waals surface area contributed by atoms with Gasteiger partial charge in [-0.2, -0.15) is 0 Å². The summed E-state index contributed by atoms with van der Waals surface area (Å²) in [5.41, 5.74) is 0. The molecule has 2 rings (SSSR count). The van der Waals surface area contributed by atoms with Crippen molar-refractivity contribution in [3.63, 3.8) is 0 Å². The van der Waals surface area contributed by atoms with Gasteiger partial charge in [0.15, 0.2) is 5.96 Å². The van der Waals surface area contributed by atoms with Crippen LogP contribution in [0.4, 0.5) is 0 Å². The molecule has 1 aromatic rings. The molecule has 0 amide bonds. The lowest BCUT2D eigenvalue weighted by Crippen LogP contribution is -2.39. The molecule has 0 radical (unpaired) electrons.